The van der Waals surface area contributed by atoms with Gasteiger partial charge in [-0.2, -0.15) is 0 Å². The highest BCUT2D eigenvalue weighted by atomic mass is 19.1. The predicted octanol–water partition coefficient (Wildman–Crippen LogP) is 2.58. The highest BCUT2D eigenvalue weighted by Gasteiger charge is 2.28. The van der Waals surface area contributed by atoms with Gasteiger partial charge >= 0.3 is 6.03 Å². The van der Waals surface area contributed by atoms with Crippen LogP contribution in [-0.4, -0.2) is 40.2 Å². The van der Waals surface area contributed by atoms with E-state index in [0.717, 1.165) is 12.8 Å². The van der Waals surface area contributed by atoms with E-state index < -0.39 is 5.82 Å². The van der Waals surface area contributed by atoms with Gasteiger partial charge < -0.3 is 20.5 Å². The minimum Gasteiger partial charge on any atom is -0.454 e. The van der Waals surface area contributed by atoms with Gasteiger partial charge in [-0.15, -0.1) is 0 Å². The Bertz CT molecular complexity index is 771. The van der Waals surface area contributed by atoms with Gasteiger partial charge in [-0.1, -0.05) is 0 Å². The lowest BCUT2D eigenvalue weighted by molar-refractivity contribution is 0.166. The SMILES string of the molecule is Nc1ccc(Oc2ccnc(NC(=O)N3CCC[C@@H]3CO)c2)c(F)c1. The number of carbonyl (C=O) groups is 1. The van der Waals surface area contributed by atoms with Crippen LogP contribution in [0.15, 0.2) is 36.5 Å². The standard InChI is InChI=1S/C17H19FN4O3/c18-14-8-11(19)3-4-15(14)25-13-5-6-20-16(9-13)21-17(24)22-7-1-2-12(22)10-23/h3-6,8-9,12,23H,1-2,7,10,19H2,(H,20,21,24)/t12-/m1/s1. The quantitative estimate of drug-likeness (QED) is 0.739. The van der Waals surface area contributed by atoms with Crippen molar-refractivity contribution in [2.75, 3.05) is 24.2 Å². The highest BCUT2D eigenvalue weighted by molar-refractivity contribution is 5.88. The fourth-order valence-electron chi connectivity index (χ4n) is 2.74. The number of nitrogens with two attached hydrogens (primary N) is 1. The molecule has 0 aliphatic carbocycles. The number of anilines is 2. The molecular formula is C17H19FN4O3. The summed E-state index contributed by atoms with van der Waals surface area (Å²) >= 11 is 0. The molecule has 2 heterocycles. The number of hydrogen-bond acceptors (Lipinski definition) is 5. The summed E-state index contributed by atoms with van der Waals surface area (Å²) in [6.07, 6.45) is 3.08. The van der Waals surface area contributed by atoms with Crippen LogP contribution in [0.5, 0.6) is 11.5 Å². The predicted molar refractivity (Wildman–Crippen MR) is 91.0 cm³/mol. The first-order valence-corrected chi connectivity index (χ1v) is 7.94. The highest BCUT2D eigenvalue weighted by Crippen LogP contribution is 2.27. The summed E-state index contributed by atoms with van der Waals surface area (Å²) in [5.74, 6) is 0.0545. The van der Waals surface area contributed by atoms with Crippen LogP contribution in [0.3, 0.4) is 0 Å². The third-order valence-electron chi connectivity index (χ3n) is 4.00. The number of aliphatic hydroxyl groups is 1. The van der Waals surface area contributed by atoms with E-state index in [1.165, 1.54) is 30.5 Å². The van der Waals surface area contributed by atoms with E-state index in [2.05, 4.69) is 10.3 Å². The second-order valence-electron chi connectivity index (χ2n) is 5.77. The average molecular weight is 346 g/mol. The molecule has 0 unspecified atom stereocenters. The fraction of sp³-hybridized carbons (Fsp3) is 0.294. The number of carbonyl (C=O) groups excluding carboxylic acids is 1. The summed E-state index contributed by atoms with van der Waals surface area (Å²) in [7, 11) is 0. The average Bonchev–Trinajstić information content (AvgIpc) is 3.07. The second-order valence-corrected chi connectivity index (χ2v) is 5.77. The summed E-state index contributed by atoms with van der Waals surface area (Å²) in [6, 6.07) is 6.67. The van der Waals surface area contributed by atoms with E-state index in [1.54, 1.807) is 11.0 Å². The number of nitrogens with zero attached hydrogens (tertiary/aromatic N) is 2. The number of halogens is 1. The third kappa shape index (κ3) is 3.97. The van der Waals surface area contributed by atoms with Crippen molar-refractivity contribution in [2.24, 2.45) is 0 Å². The number of nitrogen functional groups attached to an aromatic ring is 1. The van der Waals surface area contributed by atoms with E-state index in [9.17, 15) is 14.3 Å². The Morgan fingerprint density at radius 3 is 3.04 bits per heavy atom. The normalized spacial score (nSPS) is 16.7. The molecule has 132 valence electrons. The molecule has 1 aromatic carbocycles. The van der Waals surface area contributed by atoms with Gasteiger partial charge in [-0.05, 0) is 31.0 Å². The number of urea groups is 1. The monoisotopic (exact) mass is 346 g/mol. The van der Waals surface area contributed by atoms with Crippen LogP contribution in [0.2, 0.25) is 0 Å². The molecule has 1 atom stereocenters. The van der Waals surface area contributed by atoms with Crippen molar-refractivity contribution in [2.45, 2.75) is 18.9 Å². The molecule has 1 saturated heterocycles. The summed E-state index contributed by atoms with van der Waals surface area (Å²) in [5.41, 5.74) is 5.81. The molecule has 0 bridgehead atoms. The maximum absolute atomic E-state index is 13.8. The van der Waals surface area contributed by atoms with Gasteiger partial charge in [-0.3, -0.25) is 5.32 Å². The van der Waals surface area contributed by atoms with E-state index in [0.29, 0.717) is 18.0 Å². The Labute approximate surface area is 144 Å². The van der Waals surface area contributed by atoms with Crippen LogP contribution in [0.1, 0.15) is 12.8 Å². The number of hydrogen-bond donors (Lipinski definition) is 3. The molecule has 1 aliphatic rings. The largest absolute Gasteiger partial charge is 0.454 e. The molecule has 0 radical (unpaired) electrons. The lowest BCUT2D eigenvalue weighted by Gasteiger charge is -2.23. The van der Waals surface area contributed by atoms with Gasteiger partial charge in [0.15, 0.2) is 11.6 Å². The number of pyridine rings is 1. The zero-order valence-electron chi connectivity index (χ0n) is 13.5. The van der Waals surface area contributed by atoms with Crippen molar-refractivity contribution in [1.29, 1.82) is 0 Å². The Morgan fingerprint density at radius 1 is 1.44 bits per heavy atom. The molecule has 25 heavy (non-hydrogen) atoms. The van der Waals surface area contributed by atoms with E-state index in [4.69, 9.17) is 10.5 Å². The summed E-state index contributed by atoms with van der Waals surface area (Å²) < 4.78 is 19.3. The van der Waals surface area contributed by atoms with Gasteiger partial charge in [0.2, 0.25) is 0 Å². The molecule has 1 fully saturated rings. The van der Waals surface area contributed by atoms with Crippen molar-refractivity contribution in [3.05, 3.63) is 42.3 Å². The van der Waals surface area contributed by atoms with Gasteiger partial charge in [-0.25, -0.2) is 14.2 Å². The molecule has 0 saturated carbocycles. The van der Waals surface area contributed by atoms with Gasteiger partial charge in [0.05, 0.1) is 12.6 Å². The molecule has 2 aromatic rings. The number of amides is 2. The molecule has 4 N–H and O–H groups in total. The summed E-state index contributed by atoms with van der Waals surface area (Å²) in [4.78, 5) is 17.9. The molecule has 8 heteroatoms. The van der Waals surface area contributed by atoms with Crippen molar-refractivity contribution < 1.29 is 19.0 Å². The van der Waals surface area contributed by atoms with Crippen LogP contribution in [0.4, 0.5) is 20.7 Å². The van der Waals surface area contributed by atoms with Crippen LogP contribution >= 0.6 is 0 Å². The summed E-state index contributed by atoms with van der Waals surface area (Å²) in [5, 5.41) is 12.0. The third-order valence-corrected chi connectivity index (χ3v) is 4.00. The number of aliphatic hydroxyl groups excluding tert-OH is 1. The van der Waals surface area contributed by atoms with E-state index >= 15 is 0 Å². The zero-order valence-corrected chi connectivity index (χ0v) is 13.5. The van der Waals surface area contributed by atoms with Crippen molar-refractivity contribution in [1.82, 2.24) is 9.88 Å². The van der Waals surface area contributed by atoms with Crippen LogP contribution in [-0.2, 0) is 0 Å². The minimum atomic E-state index is -0.578. The number of likely N-dealkylation sites (tertiary alicyclic amines) is 1. The number of nitrogens with one attached hydrogen (secondary N) is 1. The van der Waals surface area contributed by atoms with Crippen LogP contribution in [0.25, 0.3) is 0 Å². The van der Waals surface area contributed by atoms with E-state index in [1.807, 2.05) is 0 Å². The van der Waals surface area contributed by atoms with Gasteiger partial charge in [0.1, 0.15) is 11.6 Å². The first-order chi connectivity index (χ1) is 12.1. The number of aromatic nitrogens is 1. The Kier molecular flexibility index (Phi) is 4.99. The lowest BCUT2D eigenvalue weighted by Crippen LogP contribution is -2.40. The number of rotatable bonds is 4. The first-order valence-electron chi connectivity index (χ1n) is 7.94. The molecule has 1 aromatic heterocycles. The van der Waals surface area contributed by atoms with Crippen molar-refractivity contribution in [3.63, 3.8) is 0 Å². The van der Waals surface area contributed by atoms with Gasteiger partial charge in [0, 0.05) is 30.6 Å². The molecule has 1 aliphatic heterocycles. The Balaban J connectivity index is 1.70. The molecule has 3 rings (SSSR count). The molecule has 7 nitrogen and oxygen atoms in total. The number of benzene rings is 1. The molecule has 2 amide bonds. The van der Waals surface area contributed by atoms with E-state index in [-0.39, 0.29) is 30.2 Å². The number of ether oxygens (including phenoxy) is 1. The maximum Gasteiger partial charge on any atom is 0.323 e. The van der Waals surface area contributed by atoms with Crippen LogP contribution in [0, 0.1) is 5.82 Å². The smallest absolute Gasteiger partial charge is 0.323 e. The topological polar surface area (TPSA) is 101 Å². The minimum absolute atomic E-state index is 0.0255. The molecular weight excluding hydrogens is 327 g/mol. The summed E-state index contributed by atoms with van der Waals surface area (Å²) in [6.45, 7) is 0.518. The zero-order chi connectivity index (χ0) is 17.8. The van der Waals surface area contributed by atoms with Crippen LogP contribution < -0.4 is 15.8 Å². The second kappa shape index (κ2) is 7.35. The Morgan fingerprint density at radius 2 is 2.28 bits per heavy atom. The molecule has 0 spiro atoms. The Hall–Kier alpha value is -2.87. The van der Waals surface area contributed by atoms with Crippen molar-refractivity contribution in [3.8, 4) is 11.5 Å². The maximum atomic E-state index is 13.8. The van der Waals surface area contributed by atoms with Crippen molar-refractivity contribution >= 4 is 17.5 Å². The first kappa shape index (κ1) is 17.0. The van der Waals surface area contributed by atoms with Gasteiger partial charge in [0.25, 0.3) is 0 Å². The lowest BCUT2D eigenvalue weighted by atomic mass is 10.2. The fourth-order valence-corrected chi connectivity index (χ4v) is 2.74.